The van der Waals surface area contributed by atoms with Gasteiger partial charge < -0.3 is 9.42 Å². The van der Waals surface area contributed by atoms with Gasteiger partial charge in [-0.1, -0.05) is 12.1 Å². The Hall–Kier alpha value is -0.920. The SMILES string of the molecule is Cc1noc(C)c1S(=O)(=O)NCCN1CCC[C@H](C)C1. The van der Waals surface area contributed by atoms with Gasteiger partial charge in [-0.05, 0) is 39.2 Å². The van der Waals surface area contributed by atoms with Crippen LogP contribution in [-0.4, -0.2) is 44.7 Å². The smallest absolute Gasteiger partial charge is 0.246 e. The van der Waals surface area contributed by atoms with Crippen molar-refractivity contribution in [3.63, 3.8) is 0 Å². The van der Waals surface area contributed by atoms with Crippen molar-refractivity contribution in [3.05, 3.63) is 11.5 Å². The van der Waals surface area contributed by atoms with Gasteiger partial charge in [-0.15, -0.1) is 0 Å². The summed E-state index contributed by atoms with van der Waals surface area (Å²) in [5.74, 6) is 1.03. The largest absolute Gasteiger partial charge is 0.360 e. The zero-order chi connectivity index (χ0) is 14.8. The first-order valence-corrected chi connectivity index (χ1v) is 8.53. The van der Waals surface area contributed by atoms with E-state index in [9.17, 15) is 8.42 Å². The summed E-state index contributed by atoms with van der Waals surface area (Å²) in [5, 5.41) is 3.69. The fourth-order valence-electron chi connectivity index (χ4n) is 2.76. The number of nitrogens with zero attached hydrogens (tertiary/aromatic N) is 2. The fraction of sp³-hybridized carbons (Fsp3) is 0.769. The average molecular weight is 301 g/mol. The summed E-state index contributed by atoms with van der Waals surface area (Å²) in [5.41, 5.74) is 0.404. The van der Waals surface area contributed by atoms with E-state index in [1.165, 1.54) is 12.8 Å². The highest BCUT2D eigenvalue weighted by atomic mass is 32.2. The molecule has 1 aromatic rings. The Balaban J connectivity index is 1.90. The second-order valence-electron chi connectivity index (χ2n) is 5.60. The van der Waals surface area contributed by atoms with E-state index in [0.29, 0.717) is 23.9 Å². The highest BCUT2D eigenvalue weighted by molar-refractivity contribution is 7.89. The van der Waals surface area contributed by atoms with Gasteiger partial charge in [-0.25, -0.2) is 13.1 Å². The maximum Gasteiger partial charge on any atom is 0.246 e. The maximum absolute atomic E-state index is 12.2. The number of sulfonamides is 1. The van der Waals surface area contributed by atoms with Crippen LogP contribution in [0.2, 0.25) is 0 Å². The first-order chi connectivity index (χ1) is 9.40. The molecule has 2 heterocycles. The number of rotatable bonds is 5. The van der Waals surface area contributed by atoms with Crippen LogP contribution in [0, 0.1) is 19.8 Å². The Morgan fingerprint density at radius 3 is 2.80 bits per heavy atom. The molecule has 0 radical (unpaired) electrons. The van der Waals surface area contributed by atoms with Crippen molar-refractivity contribution < 1.29 is 12.9 Å². The van der Waals surface area contributed by atoms with Crippen molar-refractivity contribution in [1.82, 2.24) is 14.8 Å². The number of likely N-dealkylation sites (tertiary alicyclic amines) is 1. The van der Waals surface area contributed by atoms with Crippen LogP contribution in [0.25, 0.3) is 0 Å². The Morgan fingerprint density at radius 1 is 1.45 bits per heavy atom. The summed E-state index contributed by atoms with van der Waals surface area (Å²) in [6.07, 6.45) is 2.46. The number of hydrogen-bond acceptors (Lipinski definition) is 5. The molecule has 7 heteroatoms. The summed E-state index contributed by atoms with van der Waals surface area (Å²) >= 11 is 0. The molecule has 1 N–H and O–H groups in total. The van der Waals surface area contributed by atoms with Crippen LogP contribution < -0.4 is 4.72 Å². The van der Waals surface area contributed by atoms with Crippen LogP contribution in [0.15, 0.2) is 9.42 Å². The quantitative estimate of drug-likeness (QED) is 0.887. The third kappa shape index (κ3) is 3.59. The number of nitrogens with one attached hydrogen (secondary N) is 1. The van der Waals surface area contributed by atoms with Gasteiger partial charge in [0.15, 0.2) is 5.76 Å². The Labute approximate surface area is 120 Å². The lowest BCUT2D eigenvalue weighted by Gasteiger charge is -2.30. The molecule has 1 aliphatic heterocycles. The van der Waals surface area contributed by atoms with Gasteiger partial charge >= 0.3 is 0 Å². The van der Waals surface area contributed by atoms with Crippen LogP contribution in [-0.2, 0) is 10.0 Å². The molecule has 1 aromatic heterocycles. The molecule has 114 valence electrons. The van der Waals surface area contributed by atoms with E-state index in [0.717, 1.165) is 19.6 Å². The lowest BCUT2D eigenvalue weighted by molar-refractivity contribution is 0.187. The minimum Gasteiger partial charge on any atom is -0.360 e. The van der Waals surface area contributed by atoms with E-state index in [1.54, 1.807) is 13.8 Å². The van der Waals surface area contributed by atoms with E-state index in [4.69, 9.17) is 4.52 Å². The number of piperidine rings is 1. The van der Waals surface area contributed by atoms with Crippen LogP contribution >= 0.6 is 0 Å². The first-order valence-electron chi connectivity index (χ1n) is 7.05. The molecule has 0 saturated carbocycles. The Kier molecular flexibility index (Phi) is 4.82. The predicted molar refractivity (Wildman–Crippen MR) is 76.0 cm³/mol. The first kappa shape index (κ1) is 15.5. The zero-order valence-corrected chi connectivity index (χ0v) is 13.2. The molecule has 0 unspecified atom stereocenters. The highest BCUT2D eigenvalue weighted by Crippen LogP contribution is 2.18. The van der Waals surface area contributed by atoms with Gasteiger partial charge in [0.05, 0.1) is 0 Å². The van der Waals surface area contributed by atoms with Crippen LogP contribution in [0.4, 0.5) is 0 Å². The zero-order valence-electron chi connectivity index (χ0n) is 12.3. The van der Waals surface area contributed by atoms with Crippen molar-refractivity contribution >= 4 is 10.0 Å². The van der Waals surface area contributed by atoms with Gasteiger partial charge in [0.1, 0.15) is 10.6 Å². The molecule has 1 atom stereocenters. The molecule has 0 bridgehead atoms. The van der Waals surface area contributed by atoms with Crippen molar-refractivity contribution in [2.45, 2.75) is 38.5 Å². The topological polar surface area (TPSA) is 75.4 Å². The van der Waals surface area contributed by atoms with Crippen LogP contribution in [0.3, 0.4) is 0 Å². The molecule has 20 heavy (non-hydrogen) atoms. The minimum absolute atomic E-state index is 0.171. The Bertz CT molecular complexity index is 534. The molecule has 2 rings (SSSR count). The van der Waals surface area contributed by atoms with Crippen molar-refractivity contribution in [1.29, 1.82) is 0 Å². The van der Waals surface area contributed by atoms with E-state index < -0.39 is 10.0 Å². The lowest BCUT2D eigenvalue weighted by Crippen LogP contribution is -2.40. The molecular formula is C13H23N3O3S. The standard InChI is InChI=1S/C13H23N3O3S/c1-10-5-4-7-16(9-10)8-6-14-20(17,18)13-11(2)15-19-12(13)3/h10,14H,4-9H2,1-3H3/t10-/m0/s1. The molecule has 0 aromatic carbocycles. The summed E-state index contributed by atoms with van der Waals surface area (Å²) in [4.78, 5) is 2.48. The van der Waals surface area contributed by atoms with Crippen molar-refractivity contribution in [2.75, 3.05) is 26.2 Å². The van der Waals surface area contributed by atoms with E-state index in [1.807, 2.05) is 0 Å². The summed E-state index contributed by atoms with van der Waals surface area (Å²) in [7, 11) is -3.53. The lowest BCUT2D eigenvalue weighted by atomic mass is 10.0. The molecule has 0 amide bonds. The second-order valence-corrected chi connectivity index (χ2v) is 7.30. The van der Waals surface area contributed by atoms with Gasteiger partial charge in [0.25, 0.3) is 0 Å². The van der Waals surface area contributed by atoms with Gasteiger partial charge in [0, 0.05) is 19.6 Å². The van der Waals surface area contributed by atoms with Crippen molar-refractivity contribution in [2.24, 2.45) is 5.92 Å². The van der Waals surface area contributed by atoms with E-state index in [-0.39, 0.29) is 4.90 Å². The van der Waals surface area contributed by atoms with Gasteiger partial charge in [-0.2, -0.15) is 0 Å². The monoisotopic (exact) mass is 301 g/mol. The van der Waals surface area contributed by atoms with Crippen molar-refractivity contribution in [3.8, 4) is 0 Å². The molecule has 1 aliphatic rings. The molecule has 6 nitrogen and oxygen atoms in total. The number of aryl methyl sites for hydroxylation is 2. The van der Waals surface area contributed by atoms with E-state index in [2.05, 4.69) is 21.7 Å². The molecule has 0 aliphatic carbocycles. The Morgan fingerprint density at radius 2 is 2.20 bits per heavy atom. The number of aromatic nitrogens is 1. The third-order valence-electron chi connectivity index (χ3n) is 3.70. The second kappa shape index (κ2) is 6.24. The average Bonchev–Trinajstić information content (AvgIpc) is 2.69. The summed E-state index contributed by atoms with van der Waals surface area (Å²) in [6, 6.07) is 0. The fourth-order valence-corrected chi connectivity index (χ4v) is 4.10. The third-order valence-corrected chi connectivity index (χ3v) is 5.40. The van der Waals surface area contributed by atoms with E-state index >= 15 is 0 Å². The van der Waals surface area contributed by atoms with Crippen LogP contribution in [0.5, 0.6) is 0 Å². The van der Waals surface area contributed by atoms with Crippen LogP contribution in [0.1, 0.15) is 31.2 Å². The molecule has 1 fully saturated rings. The summed E-state index contributed by atoms with van der Waals surface area (Å²) < 4.78 is 32.0. The molecule has 0 spiro atoms. The maximum atomic E-state index is 12.2. The summed E-state index contributed by atoms with van der Waals surface area (Å²) in [6.45, 7) is 8.74. The number of hydrogen-bond donors (Lipinski definition) is 1. The molecule has 1 saturated heterocycles. The normalized spacial score (nSPS) is 21.2. The highest BCUT2D eigenvalue weighted by Gasteiger charge is 2.24. The van der Waals surface area contributed by atoms with Gasteiger partial charge in [0.2, 0.25) is 10.0 Å². The predicted octanol–water partition coefficient (Wildman–Crippen LogP) is 1.30. The van der Waals surface area contributed by atoms with Gasteiger partial charge in [-0.3, -0.25) is 0 Å². The minimum atomic E-state index is -3.53. The molecular weight excluding hydrogens is 278 g/mol.